The average molecular weight is 398 g/mol. The first kappa shape index (κ1) is 18.6. The van der Waals surface area contributed by atoms with Gasteiger partial charge in [-0.05, 0) is 44.0 Å². The summed E-state index contributed by atoms with van der Waals surface area (Å²) in [7, 11) is -3.78. The quantitative estimate of drug-likeness (QED) is 0.662. The number of nitrogens with one attached hydrogen (secondary N) is 2. The van der Waals surface area contributed by atoms with Crippen molar-refractivity contribution in [2.24, 2.45) is 0 Å². The normalized spacial score (nSPS) is 17.0. The summed E-state index contributed by atoms with van der Waals surface area (Å²) >= 11 is 0. The highest BCUT2D eigenvalue weighted by Crippen LogP contribution is 2.25. The molecule has 146 valence electrons. The Balaban J connectivity index is 1.67. The number of fused-ring (bicyclic) bond motifs is 1. The Morgan fingerprint density at radius 2 is 1.71 bits per heavy atom. The van der Waals surface area contributed by atoms with Crippen molar-refractivity contribution in [3.63, 3.8) is 0 Å². The third-order valence-corrected chi connectivity index (χ3v) is 6.01. The molecule has 0 aliphatic carbocycles. The van der Waals surface area contributed by atoms with Crippen molar-refractivity contribution < 1.29 is 13.2 Å². The summed E-state index contributed by atoms with van der Waals surface area (Å²) < 4.78 is 33.9. The lowest BCUT2D eigenvalue weighted by Crippen LogP contribution is -2.21. The Bertz CT molecular complexity index is 1080. The second-order valence-corrected chi connectivity index (χ2v) is 8.53. The van der Waals surface area contributed by atoms with E-state index in [4.69, 9.17) is 4.74 Å². The fourth-order valence-corrected chi connectivity index (χ4v) is 4.12. The number of hydrogen-bond donors (Lipinski definition) is 2. The largest absolute Gasteiger partial charge is 0.376 e. The molecule has 1 aromatic heterocycles. The van der Waals surface area contributed by atoms with E-state index in [0.717, 1.165) is 25.0 Å². The van der Waals surface area contributed by atoms with Crippen molar-refractivity contribution in [2.45, 2.75) is 30.8 Å². The van der Waals surface area contributed by atoms with Crippen LogP contribution in [0.1, 0.15) is 18.4 Å². The van der Waals surface area contributed by atoms with Gasteiger partial charge in [0.05, 0.1) is 22.0 Å². The van der Waals surface area contributed by atoms with Crippen LogP contribution in [0.5, 0.6) is 0 Å². The lowest BCUT2D eigenvalue weighted by Gasteiger charge is -2.16. The van der Waals surface area contributed by atoms with E-state index >= 15 is 0 Å². The standard InChI is InChI=1S/C20H22N4O3S/c1-14-8-10-16(11-9-14)28(25,26)24-20-19(21-13-15-5-4-12-27-15)22-17-6-2-3-7-18(17)23-20/h2-3,6-11,15H,4-5,12-13H2,1H3,(H,21,22)(H,23,24)/t15-/m0/s1. The zero-order valence-electron chi connectivity index (χ0n) is 15.6. The van der Waals surface area contributed by atoms with Gasteiger partial charge in [-0.2, -0.15) is 0 Å². The van der Waals surface area contributed by atoms with Crippen molar-refractivity contribution in [3.8, 4) is 0 Å². The molecule has 0 bridgehead atoms. The zero-order chi connectivity index (χ0) is 19.6. The Hall–Kier alpha value is -2.71. The van der Waals surface area contributed by atoms with Crippen LogP contribution in [0.15, 0.2) is 53.4 Å². The topological polar surface area (TPSA) is 93.2 Å². The number of hydrogen-bond acceptors (Lipinski definition) is 6. The molecule has 0 radical (unpaired) electrons. The molecule has 8 heteroatoms. The zero-order valence-corrected chi connectivity index (χ0v) is 16.4. The fourth-order valence-electron chi connectivity index (χ4n) is 3.11. The molecule has 28 heavy (non-hydrogen) atoms. The lowest BCUT2D eigenvalue weighted by molar-refractivity contribution is 0.120. The molecule has 4 rings (SSSR count). The van der Waals surface area contributed by atoms with Crippen LogP contribution in [-0.2, 0) is 14.8 Å². The number of sulfonamides is 1. The fraction of sp³-hybridized carbons (Fsp3) is 0.300. The summed E-state index contributed by atoms with van der Waals surface area (Å²) in [6, 6.07) is 14.0. The van der Waals surface area contributed by atoms with Crippen molar-refractivity contribution in [1.29, 1.82) is 0 Å². The molecule has 7 nitrogen and oxygen atoms in total. The number of rotatable bonds is 6. The molecule has 1 atom stereocenters. The van der Waals surface area contributed by atoms with Gasteiger partial charge in [0, 0.05) is 13.2 Å². The maximum absolute atomic E-state index is 12.8. The Morgan fingerprint density at radius 3 is 2.36 bits per heavy atom. The molecule has 1 aliphatic rings. The third-order valence-electron chi connectivity index (χ3n) is 4.65. The van der Waals surface area contributed by atoms with E-state index < -0.39 is 10.0 Å². The summed E-state index contributed by atoms with van der Waals surface area (Å²) in [5.41, 5.74) is 2.30. The van der Waals surface area contributed by atoms with Gasteiger partial charge < -0.3 is 10.1 Å². The van der Waals surface area contributed by atoms with E-state index in [1.165, 1.54) is 0 Å². The van der Waals surface area contributed by atoms with Crippen LogP contribution in [0.4, 0.5) is 11.6 Å². The van der Waals surface area contributed by atoms with E-state index in [9.17, 15) is 8.42 Å². The first-order valence-corrected chi connectivity index (χ1v) is 10.7. The van der Waals surface area contributed by atoms with Gasteiger partial charge in [0.25, 0.3) is 10.0 Å². The van der Waals surface area contributed by atoms with Gasteiger partial charge >= 0.3 is 0 Å². The van der Waals surface area contributed by atoms with Crippen LogP contribution in [0.3, 0.4) is 0 Å². The SMILES string of the molecule is Cc1ccc(S(=O)(=O)Nc2nc3ccccc3nc2NC[C@@H]2CCCO2)cc1. The summed E-state index contributed by atoms with van der Waals surface area (Å²) in [5.74, 6) is 0.571. The molecule has 0 unspecified atom stereocenters. The van der Waals surface area contributed by atoms with Crippen molar-refractivity contribution in [2.75, 3.05) is 23.2 Å². The van der Waals surface area contributed by atoms with Gasteiger partial charge in [-0.15, -0.1) is 0 Å². The number of aromatic nitrogens is 2. The van der Waals surface area contributed by atoms with Gasteiger partial charge in [0.1, 0.15) is 0 Å². The monoisotopic (exact) mass is 398 g/mol. The second kappa shape index (κ2) is 7.73. The minimum absolute atomic E-state index is 0.0924. The molecule has 2 N–H and O–H groups in total. The summed E-state index contributed by atoms with van der Waals surface area (Å²) in [4.78, 5) is 9.24. The van der Waals surface area contributed by atoms with E-state index in [1.54, 1.807) is 30.3 Å². The van der Waals surface area contributed by atoms with Gasteiger partial charge in [-0.3, -0.25) is 4.72 Å². The molecule has 0 amide bonds. The first-order chi connectivity index (χ1) is 13.5. The maximum atomic E-state index is 12.8. The average Bonchev–Trinajstić information content (AvgIpc) is 3.20. The van der Waals surface area contributed by atoms with E-state index in [1.807, 2.05) is 25.1 Å². The molecule has 1 saturated heterocycles. The van der Waals surface area contributed by atoms with Crippen molar-refractivity contribution in [1.82, 2.24) is 9.97 Å². The Morgan fingerprint density at radius 1 is 1.04 bits per heavy atom. The van der Waals surface area contributed by atoms with Crippen LogP contribution >= 0.6 is 0 Å². The van der Waals surface area contributed by atoms with Crippen LogP contribution in [0.2, 0.25) is 0 Å². The smallest absolute Gasteiger partial charge is 0.263 e. The number of aryl methyl sites for hydroxylation is 1. The van der Waals surface area contributed by atoms with Gasteiger partial charge in [0.15, 0.2) is 11.6 Å². The Labute approximate surface area is 164 Å². The van der Waals surface area contributed by atoms with Crippen molar-refractivity contribution in [3.05, 3.63) is 54.1 Å². The number of benzene rings is 2. The van der Waals surface area contributed by atoms with Gasteiger partial charge in [-0.1, -0.05) is 29.8 Å². The highest BCUT2D eigenvalue weighted by Gasteiger charge is 2.20. The lowest BCUT2D eigenvalue weighted by atomic mass is 10.2. The van der Waals surface area contributed by atoms with Gasteiger partial charge in [0.2, 0.25) is 0 Å². The summed E-state index contributed by atoms with van der Waals surface area (Å²) in [6.07, 6.45) is 2.09. The molecule has 2 heterocycles. The number of ether oxygens (including phenoxy) is 1. The van der Waals surface area contributed by atoms with E-state index in [2.05, 4.69) is 20.0 Å². The predicted molar refractivity (Wildman–Crippen MR) is 109 cm³/mol. The second-order valence-electron chi connectivity index (χ2n) is 6.84. The van der Waals surface area contributed by atoms with Crippen LogP contribution in [-0.4, -0.2) is 37.6 Å². The summed E-state index contributed by atoms with van der Waals surface area (Å²) in [5, 5.41) is 3.20. The maximum Gasteiger partial charge on any atom is 0.263 e. The van der Waals surface area contributed by atoms with Gasteiger partial charge in [-0.25, -0.2) is 18.4 Å². The molecule has 0 spiro atoms. The number of para-hydroxylation sites is 2. The first-order valence-electron chi connectivity index (χ1n) is 9.23. The molecular weight excluding hydrogens is 376 g/mol. The van der Waals surface area contributed by atoms with Crippen LogP contribution in [0.25, 0.3) is 11.0 Å². The number of anilines is 2. The van der Waals surface area contributed by atoms with Crippen LogP contribution in [0, 0.1) is 6.92 Å². The molecule has 0 saturated carbocycles. The highest BCUT2D eigenvalue weighted by atomic mass is 32.2. The molecule has 1 fully saturated rings. The highest BCUT2D eigenvalue weighted by molar-refractivity contribution is 7.92. The molecule has 2 aromatic carbocycles. The number of nitrogens with zero attached hydrogens (tertiary/aromatic N) is 2. The summed E-state index contributed by atoms with van der Waals surface area (Å²) in [6.45, 7) is 3.21. The van der Waals surface area contributed by atoms with Crippen molar-refractivity contribution >= 4 is 32.7 Å². The van der Waals surface area contributed by atoms with E-state index in [-0.39, 0.29) is 16.8 Å². The molecular formula is C20H22N4O3S. The predicted octanol–water partition coefficient (Wildman–Crippen LogP) is 3.33. The van der Waals surface area contributed by atoms with Crippen LogP contribution < -0.4 is 10.0 Å². The minimum Gasteiger partial charge on any atom is -0.376 e. The molecule has 3 aromatic rings. The minimum atomic E-state index is -3.78. The third kappa shape index (κ3) is 4.07. The Kier molecular flexibility index (Phi) is 5.15. The molecule has 1 aliphatic heterocycles. The van der Waals surface area contributed by atoms with E-state index in [0.29, 0.717) is 23.4 Å².